The molecule has 0 atom stereocenters. The van der Waals surface area contributed by atoms with Crippen molar-refractivity contribution < 1.29 is 0 Å². The molecule has 96 valence electrons. The van der Waals surface area contributed by atoms with Crippen molar-refractivity contribution in [2.45, 2.75) is 27.2 Å². The highest BCUT2D eigenvalue weighted by Crippen LogP contribution is 2.28. The first-order valence-electron chi connectivity index (χ1n) is 5.18. The van der Waals surface area contributed by atoms with Crippen LogP contribution in [0.15, 0.2) is 37.2 Å². The lowest BCUT2D eigenvalue weighted by Crippen LogP contribution is -2.10. The van der Waals surface area contributed by atoms with Gasteiger partial charge in [0.2, 0.25) is 0 Å². The Morgan fingerprint density at radius 2 is 1.88 bits per heavy atom. The van der Waals surface area contributed by atoms with Gasteiger partial charge < -0.3 is 5.32 Å². The van der Waals surface area contributed by atoms with Crippen LogP contribution in [0.3, 0.4) is 0 Å². The van der Waals surface area contributed by atoms with Gasteiger partial charge in [-0.1, -0.05) is 42.3 Å². The molecule has 0 unspecified atom stereocenters. The number of hydrogen-bond donors (Lipinski definition) is 1. The van der Waals surface area contributed by atoms with Crippen LogP contribution >= 0.6 is 45.8 Å². The molecular weight excluding hydrogens is 370 g/mol. The number of halogens is 3. The first-order chi connectivity index (χ1) is 7.84. The highest BCUT2D eigenvalue weighted by atomic mass is 127. The molecule has 17 heavy (non-hydrogen) atoms. The molecule has 0 rings (SSSR count). The Bertz CT molecular complexity index is 391. The van der Waals surface area contributed by atoms with Gasteiger partial charge in [0, 0.05) is 10.6 Å². The van der Waals surface area contributed by atoms with E-state index >= 15 is 0 Å². The van der Waals surface area contributed by atoms with E-state index in [1.807, 2.05) is 6.92 Å². The van der Waals surface area contributed by atoms with Gasteiger partial charge in [0.25, 0.3) is 0 Å². The van der Waals surface area contributed by atoms with Gasteiger partial charge in [0.15, 0.2) is 0 Å². The molecule has 5 heteroatoms. The zero-order chi connectivity index (χ0) is 13.6. The zero-order valence-electron chi connectivity index (χ0n) is 10.5. The van der Waals surface area contributed by atoms with Gasteiger partial charge in [-0.05, 0) is 42.9 Å². The van der Waals surface area contributed by atoms with Gasteiger partial charge >= 0.3 is 0 Å². The molecule has 0 aromatic rings. The Labute approximate surface area is 127 Å². The molecule has 0 bridgehead atoms. The third kappa shape index (κ3) is 5.44. The Hall–Kier alpha value is -0.000000000000000111. The molecule has 0 aromatic carbocycles. The van der Waals surface area contributed by atoms with Crippen LogP contribution in [0.1, 0.15) is 27.2 Å². The van der Waals surface area contributed by atoms with Gasteiger partial charge in [0.1, 0.15) is 10.9 Å². The van der Waals surface area contributed by atoms with Crippen molar-refractivity contribution in [2.75, 3.05) is 7.05 Å². The van der Waals surface area contributed by atoms with Crippen LogP contribution < -0.4 is 5.32 Å². The maximum atomic E-state index is 6.32. The zero-order valence-corrected chi connectivity index (χ0v) is 14.2. The summed E-state index contributed by atoms with van der Waals surface area (Å²) in [5.74, 6) is 0. The van der Waals surface area contributed by atoms with Crippen molar-refractivity contribution in [3.63, 3.8) is 0 Å². The fourth-order valence-electron chi connectivity index (χ4n) is 1.11. The van der Waals surface area contributed by atoms with E-state index in [0.29, 0.717) is 15.9 Å². The maximum absolute atomic E-state index is 6.32. The molecular formula is C12H17Cl2IN2. The summed E-state index contributed by atoms with van der Waals surface area (Å²) in [4.78, 5) is 4.26. The van der Waals surface area contributed by atoms with Crippen LogP contribution in [0.4, 0.5) is 0 Å². The SMILES string of the molecule is C=C(I)/C(N=C(C)Cl)=C(NC)/C(Cl)=C(/C)CC. The molecule has 0 amide bonds. The predicted molar refractivity (Wildman–Crippen MR) is 87.1 cm³/mol. The van der Waals surface area contributed by atoms with E-state index in [9.17, 15) is 0 Å². The van der Waals surface area contributed by atoms with Crippen LogP contribution in [-0.2, 0) is 0 Å². The number of likely N-dealkylation sites (N-methyl/N-ethyl adjacent to an activating group) is 1. The number of rotatable bonds is 5. The largest absolute Gasteiger partial charge is 0.385 e. The van der Waals surface area contributed by atoms with E-state index in [1.54, 1.807) is 14.0 Å². The van der Waals surface area contributed by atoms with Crippen molar-refractivity contribution in [1.29, 1.82) is 0 Å². The molecule has 0 aliphatic heterocycles. The second-order valence-electron chi connectivity index (χ2n) is 3.44. The molecule has 0 fully saturated rings. The van der Waals surface area contributed by atoms with Crippen molar-refractivity contribution >= 4 is 51.0 Å². The third-order valence-corrected chi connectivity index (χ3v) is 3.24. The van der Waals surface area contributed by atoms with Crippen molar-refractivity contribution in [3.8, 4) is 0 Å². The van der Waals surface area contributed by atoms with Gasteiger partial charge in [-0.2, -0.15) is 0 Å². The van der Waals surface area contributed by atoms with E-state index in [2.05, 4.69) is 46.4 Å². The summed E-state index contributed by atoms with van der Waals surface area (Å²) in [5.41, 5.74) is 2.53. The first kappa shape index (κ1) is 17.0. The number of nitrogens with one attached hydrogen (secondary N) is 1. The number of allylic oxidation sites excluding steroid dienone is 3. The highest BCUT2D eigenvalue weighted by molar-refractivity contribution is 14.1. The van der Waals surface area contributed by atoms with Crippen molar-refractivity contribution in [2.24, 2.45) is 4.99 Å². The topological polar surface area (TPSA) is 24.4 Å². The van der Waals surface area contributed by atoms with E-state index in [-0.39, 0.29) is 0 Å². The Morgan fingerprint density at radius 3 is 2.18 bits per heavy atom. The molecule has 0 aromatic heterocycles. The van der Waals surface area contributed by atoms with Crippen LogP contribution in [0.25, 0.3) is 0 Å². The smallest absolute Gasteiger partial charge is 0.104 e. The average molecular weight is 387 g/mol. The normalized spacial score (nSPS) is 15.1. The highest BCUT2D eigenvalue weighted by Gasteiger charge is 2.12. The summed E-state index contributed by atoms with van der Waals surface area (Å²) in [6.07, 6.45) is 0.884. The lowest BCUT2D eigenvalue weighted by Gasteiger charge is -2.13. The molecule has 0 heterocycles. The molecule has 0 spiro atoms. The minimum absolute atomic E-state index is 0.448. The molecule has 0 aliphatic rings. The Morgan fingerprint density at radius 1 is 1.35 bits per heavy atom. The Kier molecular flexibility index (Phi) is 8.16. The van der Waals surface area contributed by atoms with Gasteiger partial charge in [-0.15, -0.1) is 0 Å². The quantitative estimate of drug-likeness (QED) is 0.403. The monoisotopic (exact) mass is 386 g/mol. The molecule has 0 radical (unpaired) electrons. The van der Waals surface area contributed by atoms with E-state index in [0.717, 1.165) is 21.3 Å². The van der Waals surface area contributed by atoms with Crippen LogP contribution in [0.2, 0.25) is 0 Å². The van der Waals surface area contributed by atoms with E-state index in [4.69, 9.17) is 23.2 Å². The summed E-state index contributed by atoms with van der Waals surface area (Å²) >= 11 is 14.2. The molecule has 0 saturated heterocycles. The van der Waals surface area contributed by atoms with Crippen molar-refractivity contribution in [3.05, 3.63) is 32.2 Å². The van der Waals surface area contributed by atoms with Crippen molar-refractivity contribution in [1.82, 2.24) is 5.32 Å². The van der Waals surface area contributed by atoms with Crippen LogP contribution in [-0.4, -0.2) is 12.2 Å². The van der Waals surface area contributed by atoms with E-state index < -0.39 is 0 Å². The average Bonchev–Trinajstić information content (AvgIpc) is 2.26. The van der Waals surface area contributed by atoms with E-state index in [1.165, 1.54) is 0 Å². The van der Waals surface area contributed by atoms with Crippen LogP contribution in [0.5, 0.6) is 0 Å². The van der Waals surface area contributed by atoms with Gasteiger partial charge in [-0.25, -0.2) is 4.99 Å². The predicted octanol–water partition coefficient (Wildman–Crippen LogP) is 4.95. The number of hydrogen-bond acceptors (Lipinski definition) is 2. The molecule has 0 aliphatic carbocycles. The number of nitrogens with zero attached hydrogens (tertiary/aromatic N) is 1. The fourth-order valence-corrected chi connectivity index (χ4v) is 1.90. The minimum atomic E-state index is 0.448. The van der Waals surface area contributed by atoms with Crippen LogP contribution in [0, 0.1) is 0 Å². The second kappa shape index (κ2) is 8.16. The first-order valence-corrected chi connectivity index (χ1v) is 7.01. The molecule has 0 saturated carbocycles. The Balaban J connectivity index is 5.86. The lowest BCUT2D eigenvalue weighted by molar-refractivity contribution is 0.973. The standard InChI is InChI=1S/C12H17Cl2IN2/c1-6-7(2)10(14)12(16-5)11(8(3)15)17-9(4)13/h16H,3,6H2,1-2,4-5H3/b10-7+,12-11+,17-9?. The molecule has 2 nitrogen and oxygen atoms in total. The summed E-state index contributed by atoms with van der Waals surface area (Å²) in [7, 11) is 1.80. The summed E-state index contributed by atoms with van der Waals surface area (Å²) < 4.78 is 0.786. The summed E-state index contributed by atoms with van der Waals surface area (Å²) in [6.45, 7) is 9.65. The fraction of sp³-hybridized carbons (Fsp3) is 0.417. The third-order valence-electron chi connectivity index (χ3n) is 2.13. The second-order valence-corrected chi connectivity index (χ2v) is 5.66. The summed E-state index contributed by atoms with van der Waals surface area (Å²) in [5, 5.41) is 4.18. The maximum Gasteiger partial charge on any atom is 0.104 e. The minimum Gasteiger partial charge on any atom is -0.385 e. The lowest BCUT2D eigenvalue weighted by atomic mass is 10.1. The van der Waals surface area contributed by atoms with Gasteiger partial charge in [-0.3, -0.25) is 0 Å². The number of aliphatic imine (C=N–C) groups is 1. The molecule has 1 N–H and O–H groups in total. The summed E-state index contributed by atoms with van der Waals surface area (Å²) in [6, 6.07) is 0. The van der Waals surface area contributed by atoms with Gasteiger partial charge in [0.05, 0.1) is 10.7 Å².